The van der Waals surface area contributed by atoms with E-state index in [1.165, 1.54) is 0 Å². The molecule has 98 valence electrons. The van der Waals surface area contributed by atoms with Crippen molar-refractivity contribution in [2.75, 3.05) is 7.11 Å². The third kappa shape index (κ3) is 2.32. The lowest BCUT2D eigenvalue weighted by Gasteiger charge is -2.12. The van der Waals surface area contributed by atoms with Gasteiger partial charge in [-0.05, 0) is 6.07 Å². The summed E-state index contributed by atoms with van der Waals surface area (Å²) in [5, 5.41) is 12.3. The van der Waals surface area contributed by atoms with Crippen molar-refractivity contribution in [1.82, 2.24) is 14.4 Å². The highest BCUT2D eigenvalue weighted by Gasteiger charge is 2.15. The van der Waals surface area contributed by atoms with E-state index in [9.17, 15) is 5.11 Å². The summed E-state index contributed by atoms with van der Waals surface area (Å²) < 4.78 is 7.16. The van der Waals surface area contributed by atoms with E-state index in [1.54, 1.807) is 36.9 Å². The van der Waals surface area contributed by atoms with Gasteiger partial charge in [-0.25, -0.2) is 4.98 Å². The molecule has 0 aliphatic heterocycles. The van der Waals surface area contributed by atoms with Crippen LogP contribution in [0.15, 0.2) is 36.2 Å². The van der Waals surface area contributed by atoms with E-state index in [1.807, 2.05) is 22.2 Å². The Morgan fingerprint density at radius 2 is 2.42 bits per heavy atom. The van der Waals surface area contributed by atoms with Crippen LogP contribution in [0.2, 0.25) is 0 Å². The Bertz CT molecular complexity index is 663. The smallest absolute Gasteiger partial charge is 0.193 e. The van der Waals surface area contributed by atoms with Gasteiger partial charge in [0.05, 0.1) is 25.1 Å². The van der Waals surface area contributed by atoms with Crippen molar-refractivity contribution in [3.63, 3.8) is 0 Å². The van der Waals surface area contributed by atoms with E-state index >= 15 is 0 Å². The summed E-state index contributed by atoms with van der Waals surface area (Å²) >= 11 is 1.57. The summed E-state index contributed by atoms with van der Waals surface area (Å²) in [6.07, 6.45) is 6.94. The Hall–Kier alpha value is -1.92. The van der Waals surface area contributed by atoms with Crippen LogP contribution >= 0.6 is 11.3 Å². The summed E-state index contributed by atoms with van der Waals surface area (Å²) in [5.74, 6) is 0.594. The number of hydrogen-bond acceptors (Lipinski definition) is 5. The van der Waals surface area contributed by atoms with E-state index in [0.29, 0.717) is 12.2 Å². The fourth-order valence-electron chi connectivity index (χ4n) is 2.02. The fourth-order valence-corrected chi connectivity index (χ4v) is 2.74. The molecule has 0 fully saturated rings. The second-order valence-corrected chi connectivity index (χ2v) is 5.04. The summed E-state index contributed by atoms with van der Waals surface area (Å²) in [5.41, 5.74) is 1.59. The highest BCUT2D eigenvalue weighted by molar-refractivity contribution is 7.15. The molecule has 0 aliphatic carbocycles. The Kier molecular flexibility index (Phi) is 3.18. The van der Waals surface area contributed by atoms with Gasteiger partial charge in [0.1, 0.15) is 5.75 Å². The Balaban J connectivity index is 1.84. The maximum absolute atomic E-state index is 10.3. The normalized spacial score (nSPS) is 12.7. The lowest BCUT2D eigenvalue weighted by molar-refractivity contribution is 0.173. The predicted molar refractivity (Wildman–Crippen MR) is 72.5 cm³/mol. The largest absolute Gasteiger partial charge is 0.495 e. The van der Waals surface area contributed by atoms with Crippen LogP contribution in [0, 0.1) is 0 Å². The van der Waals surface area contributed by atoms with Gasteiger partial charge in [-0.15, -0.1) is 11.3 Å². The van der Waals surface area contributed by atoms with Gasteiger partial charge in [-0.3, -0.25) is 9.38 Å². The van der Waals surface area contributed by atoms with Gasteiger partial charge < -0.3 is 9.84 Å². The summed E-state index contributed by atoms with van der Waals surface area (Å²) in [6.45, 7) is 0. The van der Waals surface area contributed by atoms with Gasteiger partial charge in [-0.2, -0.15) is 0 Å². The number of aliphatic hydroxyl groups excluding tert-OH is 1. The maximum atomic E-state index is 10.3. The van der Waals surface area contributed by atoms with Gasteiger partial charge >= 0.3 is 0 Å². The topological polar surface area (TPSA) is 59.7 Å². The van der Waals surface area contributed by atoms with Crippen molar-refractivity contribution in [3.05, 3.63) is 47.5 Å². The fraction of sp³-hybridized carbons (Fsp3) is 0.231. The van der Waals surface area contributed by atoms with Crippen LogP contribution in [0.3, 0.4) is 0 Å². The van der Waals surface area contributed by atoms with Crippen LogP contribution in [0.5, 0.6) is 5.75 Å². The van der Waals surface area contributed by atoms with Crippen molar-refractivity contribution in [2.24, 2.45) is 0 Å². The molecule has 0 saturated heterocycles. The molecule has 3 heterocycles. The van der Waals surface area contributed by atoms with Gasteiger partial charge in [0.2, 0.25) is 0 Å². The SMILES string of the molecule is COc1cnccc1C(O)Cc1cn2ccsc2n1. The maximum Gasteiger partial charge on any atom is 0.193 e. The van der Waals surface area contributed by atoms with E-state index in [4.69, 9.17) is 4.74 Å². The number of hydrogen-bond donors (Lipinski definition) is 1. The lowest BCUT2D eigenvalue weighted by Crippen LogP contribution is -2.04. The number of ether oxygens (including phenoxy) is 1. The van der Waals surface area contributed by atoms with Crippen molar-refractivity contribution in [3.8, 4) is 5.75 Å². The second-order valence-electron chi connectivity index (χ2n) is 4.16. The molecule has 0 aliphatic rings. The number of imidazole rings is 1. The number of aromatic nitrogens is 3. The molecule has 0 spiro atoms. The lowest BCUT2D eigenvalue weighted by atomic mass is 10.1. The highest BCUT2D eigenvalue weighted by Crippen LogP contribution is 2.26. The molecule has 0 aromatic carbocycles. The van der Waals surface area contributed by atoms with Crippen LogP contribution in [0.25, 0.3) is 4.96 Å². The van der Waals surface area contributed by atoms with E-state index in [-0.39, 0.29) is 0 Å². The third-order valence-electron chi connectivity index (χ3n) is 2.94. The van der Waals surface area contributed by atoms with Gasteiger partial charge in [0, 0.05) is 36.0 Å². The molecule has 3 aromatic heterocycles. The molecule has 19 heavy (non-hydrogen) atoms. The standard InChI is InChI=1S/C13H13N3O2S/c1-18-12-7-14-3-2-10(12)11(17)6-9-8-16-4-5-19-13(16)15-9/h2-5,7-8,11,17H,6H2,1H3. The number of pyridine rings is 1. The minimum absolute atomic E-state index is 0.453. The predicted octanol–water partition coefficient (Wildman–Crippen LogP) is 2.08. The van der Waals surface area contributed by atoms with Crippen LogP contribution in [0.4, 0.5) is 0 Å². The zero-order chi connectivity index (χ0) is 13.2. The molecule has 3 aromatic rings. The first-order chi connectivity index (χ1) is 9.28. The number of methoxy groups -OCH3 is 1. The second kappa shape index (κ2) is 4.99. The first-order valence-corrected chi connectivity index (χ1v) is 6.73. The first-order valence-electron chi connectivity index (χ1n) is 5.85. The van der Waals surface area contributed by atoms with Crippen molar-refractivity contribution >= 4 is 16.3 Å². The molecule has 1 atom stereocenters. The zero-order valence-corrected chi connectivity index (χ0v) is 11.2. The number of aliphatic hydroxyl groups is 1. The minimum atomic E-state index is -0.650. The van der Waals surface area contributed by atoms with Crippen molar-refractivity contribution < 1.29 is 9.84 Å². The Morgan fingerprint density at radius 1 is 1.53 bits per heavy atom. The Labute approximate surface area is 114 Å². The summed E-state index contributed by atoms with van der Waals surface area (Å²) in [6, 6.07) is 1.77. The quantitative estimate of drug-likeness (QED) is 0.792. The average Bonchev–Trinajstić information content (AvgIpc) is 2.99. The van der Waals surface area contributed by atoms with E-state index in [2.05, 4.69) is 9.97 Å². The van der Waals surface area contributed by atoms with Crippen LogP contribution in [-0.2, 0) is 6.42 Å². The van der Waals surface area contributed by atoms with E-state index in [0.717, 1.165) is 16.2 Å². The summed E-state index contributed by atoms with van der Waals surface area (Å²) in [7, 11) is 1.57. The number of nitrogens with zero attached hydrogens (tertiary/aromatic N) is 3. The average molecular weight is 275 g/mol. The monoisotopic (exact) mass is 275 g/mol. The van der Waals surface area contributed by atoms with Gasteiger partial charge in [-0.1, -0.05) is 0 Å². The zero-order valence-electron chi connectivity index (χ0n) is 10.4. The highest BCUT2D eigenvalue weighted by atomic mass is 32.1. The molecule has 0 amide bonds. The van der Waals surface area contributed by atoms with Crippen LogP contribution in [0.1, 0.15) is 17.4 Å². The van der Waals surface area contributed by atoms with E-state index < -0.39 is 6.10 Å². The summed E-state index contributed by atoms with van der Waals surface area (Å²) in [4.78, 5) is 9.37. The number of fused-ring (bicyclic) bond motifs is 1. The first kappa shape index (κ1) is 12.1. The van der Waals surface area contributed by atoms with Gasteiger partial charge in [0.25, 0.3) is 0 Å². The van der Waals surface area contributed by atoms with Gasteiger partial charge in [0.15, 0.2) is 4.96 Å². The molecule has 3 rings (SSSR count). The third-order valence-corrected chi connectivity index (χ3v) is 3.71. The minimum Gasteiger partial charge on any atom is -0.495 e. The molecule has 1 N–H and O–H groups in total. The molecule has 1 unspecified atom stereocenters. The Morgan fingerprint density at radius 3 is 3.21 bits per heavy atom. The number of thiazole rings is 1. The number of rotatable bonds is 4. The van der Waals surface area contributed by atoms with Crippen LogP contribution in [-0.4, -0.2) is 26.6 Å². The van der Waals surface area contributed by atoms with Crippen molar-refractivity contribution in [2.45, 2.75) is 12.5 Å². The molecule has 0 bridgehead atoms. The molecular weight excluding hydrogens is 262 g/mol. The molecule has 0 radical (unpaired) electrons. The van der Waals surface area contributed by atoms with Crippen LogP contribution < -0.4 is 4.74 Å². The molecule has 0 saturated carbocycles. The molecular formula is C13H13N3O2S. The molecule has 6 heteroatoms. The molecule has 5 nitrogen and oxygen atoms in total. The van der Waals surface area contributed by atoms with Crippen molar-refractivity contribution in [1.29, 1.82) is 0 Å².